The second-order valence-electron chi connectivity index (χ2n) is 3.94. The van der Waals surface area contributed by atoms with Gasteiger partial charge in [-0.25, -0.2) is 4.79 Å². The summed E-state index contributed by atoms with van der Waals surface area (Å²) in [7, 11) is 2.71. The average Bonchev–Trinajstić information content (AvgIpc) is 2.44. The normalized spacial score (nSPS) is 12.8. The van der Waals surface area contributed by atoms with E-state index in [0.717, 1.165) is 0 Å². The summed E-state index contributed by atoms with van der Waals surface area (Å²) in [6.45, 7) is 0.0779. The van der Waals surface area contributed by atoms with Crippen LogP contribution in [-0.4, -0.2) is 38.7 Å². The minimum Gasteiger partial charge on any atom is -0.467 e. The van der Waals surface area contributed by atoms with Crippen molar-refractivity contribution >= 4 is 24.3 Å². The van der Waals surface area contributed by atoms with Gasteiger partial charge in [0.15, 0.2) is 6.04 Å². The summed E-state index contributed by atoms with van der Waals surface area (Å²) in [6.07, 6.45) is 0. The monoisotopic (exact) mass is 302 g/mol. The Kier molecular flexibility index (Phi) is 8.54. The molecule has 6 nitrogen and oxygen atoms in total. The van der Waals surface area contributed by atoms with Crippen molar-refractivity contribution in [2.75, 3.05) is 20.8 Å². The third-order valence-electron chi connectivity index (χ3n) is 2.54. The minimum atomic E-state index is -0.874. The third-order valence-corrected chi connectivity index (χ3v) is 2.54. The van der Waals surface area contributed by atoms with Crippen molar-refractivity contribution in [3.63, 3.8) is 0 Å². The zero-order valence-corrected chi connectivity index (χ0v) is 12.2. The Balaban J connectivity index is 0.00000361. The lowest BCUT2D eigenvalue weighted by molar-refractivity contribution is -0.145. The van der Waals surface area contributed by atoms with Crippen LogP contribution in [0.1, 0.15) is 11.6 Å². The van der Waals surface area contributed by atoms with E-state index in [-0.39, 0.29) is 19.0 Å². The first-order valence-electron chi connectivity index (χ1n) is 5.77. The lowest BCUT2D eigenvalue weighted by atomic mass is 10.1. The molecule has 112 valence electrons. The fraction of sp³-hybridized carbons (Fsp3) is 0.385. The van der Waals surface area contributed by atoms with Crippen LogP contribution in [0.3, 0.4) is 0 Å². The fourth-order valence-corrected chi connectivity index (χ4v) is 1.55. The number of benzene rings is 1. The van der Waals surface area contributed by atoms with Crippen LogP contribution >= 0.6 is 12.4 Å². The molecule has 1 aromatic carbocycles. The molecule has 0 saturated carbocycles. The SMILES string of the molecule is COCC(N)C(=O)NC(C(=O)OC)c1ccccc1.Cl. The van der Waals surface area contributed by atoms with Gasteiger partial charge in [0.25, 0.3) is 0 Å². The second kappa shape index (κ2) is 9.30. The van der Waals surface area contributed by atoms with Crippen molar-refractivity contribution in [2.45, 2.75) is 12.1 Å². The number of esters is 1. The van der Waals surface area contributed by atoms with Crippen LogP contribution in [0.15, 0.2) is 30.3 Å². The lowest BCUT2D eigenvalue weighted by Gasteiger charge is -2.19. The van der Waals surface area contributed by atoms with E-state index in [4.69, 9.17) is 10.5 Å². The van der Waals surface area contributed by atoms with E-state index in [2.05, 4.69) is 10.1 Å². The Morgan fingerprint density at radius 2 is 1.85 bits per heavy atom. The number of nitrogens with two attached hydrogens (primary N) is 1. The van der Waals surface area contributed by atoms with Crippen molar-refractivity contribution in [3.8, 4) is 0 Å². The van der Waals surface area contributed by atoms with Gasteiger partial charge in [0.1, 0.15) is 6.04 Å². The number of ether oxygens (including phenoxy) is 2. The predicted octanol–water partition coefficient (Wildman–Crippen LogP) is 0.412. The molecule has 0 aromatic heterocycles. The Bertz CT molecular complexity index is 428. The maximum Gasteiger partial charge on any atom is 0.333 e. The van der Waals surface area contributed by atoms with Crippen molar-refractivity contribution in [3.05, 3.63) is 35.9 Å². The van der Waals surface area contributed by atoms with Gasteiger partial charge in [-0.1, -0.05) is 30.3 Å². The maximum absolute atomic E-state index is 11.8. The van der Waals surface area contributed by atoms with Crippen molar-refractivity contribution < 1.29 is 19.1 Å². The summed E-state index contributed by atoms with van der Waals surface area (Å²) in [6, 6.07) is 7.10. The summed E-state index contributed by atoms with van der Waals surface area (Å²) in [4.78, 5) is 23.5. The summed E-state index contributed by atoms with van der Waals surface area (Å²) in [5.41, 5.74) is 6.24. The van der Waals surface area contributed by atoms with Gasteiger partial charge in [-0.2, -0.15) is 0 Å². The number of amides is 1. The van der Waals surface area contributed by atoms with E-state index in [1.807, 2.05) is 6.07 Å². The second-order valence-corrected chi connectivity index (χ2v) is 3.94. The van der Waals surface area contributed by atoms with Crippen LogP contribution in [0.4, 0.5) is 0 Å². The maximum atomic E-state index is 11.8. The molecule has 3 N–H and O–H groups in total. The number of methoxy groups -OCH3 is 2. The summed E-state index contributed by atoms with van der Waals surface area (Å²) < 4.78 is 9.48. The minimum absolute atomic E-state index is 0. The van der Waals surface area contributed by atoms with Crippen LogP contribution in [0, 0.1) is 0 Å². The first kappa shape index (κ1) is 18.4. The molecule has 7 heteroatoms. The molecule has 0 aliphatic rings. The zero-order chi connectivity index (χ0) is 14.3. The van der Waals surface area contributed by atoms with E-state index < -0.39 is 24.0 Å². The molecule has 2 atom stereocenters. The predicted molar refractivity (Wildman–Crippen MR) is 76.4 cm³/mol. The van der Waals surface area contributed by atoms with E-state index in [0.29, 0.717) is 5.56 Å². The molecule has 0 spiro atoms. The van der Waals surface area contributed by atoms with Gasteiger partial charge < -0.3 is 20.5 Å². The summed E-state index contributed by atoms with van der Waals surface area (Å²) >= 11 is 0. The molecule has 0 aliphatic carbocycles. The first-order chi connectivity index (χ1) is 9.10. The van der Waals surface area contributed by atoms with Crippen LogP contribution in [-0.2, 0) is 19.1 Å². The molecule has 0 heterocycles. The molecule has 1 rings (SSSR count). The largest absolute Gasteiger partial charge is 0.467 e. The van der Waals surface area contributed by atoms with Gasteiger partial charge in [0, 0.05) is 7.11 Å². The molecule has 0 radical (unpaired) electrons. The molecule has 0 aliphatic heterocycles. The molecular formula is C13H19ClN2O4. The molecule has 20 heavy (non-hydrogen) atoms. The van der Waals surface area contributed by atoms with E-state index >= 15 is 0 Å². The number of nitrogens with one attached hydrogen (secondary N) is 1. The molecule has 0 saturated heterocycles. The van der Waals surface area contributed by atoms with E-state index in [9.17, 15) is 9.59 Å². The van der Waals surface area contributed by atoms with Crippen molar-refractivity contribution in [1.82, 2.24) is 5.32 Å². The Labute approximate surface area is 124 Å². The van der Waals surface area contributed by atoms with Crippen molar-refractivity contribution in [2.24, 2.45) is 5.73 Å². The number of carbonyl (C=O) groups excluding carboxylic acids is 2. The highest BCUT2D eigenvalue weighted by Crippen LogP contribution is 2.14. The standard InChI is InChI=1S/C13H18N2O4.ClH/c1-18-8-10(14)12(16)15-11(13(17)19-2)9-6-4-3-5-7-9;/h3-7,10-11H,8,14H2,1-2H3,(H,15,16);1H. The summed E-state index contributed by atoms with van der Waals surface area (Å²) in [5, 5.41) is 2.55. The van der Waals surface area contributed by atoms with Gasteiger partial charge >= 0.3 is 5.97 Å². The molecule has 0 bridgehead atoms. The van der Waals surface area contributed by atoms with Crippen LogP contribution in [0.5, 0.6) is 0 Å². The lowest BCUT2D eigenvalue weighted by Crippen LogP contribution is -2.46. The zero-order valence-electron chi connectivity index (χ0n) is 11.4. The Morgan fingerprint density at radius 1 is 1.25 bits per heavy atom. The average molecular weight is 303 g/mol. The van der Waals surface area contributed by atoms with Gasteiger partial charge in [-0.3, -0.25) is 4.79 Å². The highest BCUT2D eigenvalue weighted by molar-refractivity contribution is 5.88. The number of halogens is 1. The third kappa shape index (κ3) is 5.16. The van der Waals surface area contributed by atoms with Crippen LogP contribution < -0.4 is 11.1 Å². The van der Waals surface area contributed by atoms with E-state index in [1.165, 1.54) is 14.2 Å². The highest BCUT2D eigenvalue weighted by Gasteiger charge is 2.25. The van der Waals surface area contributed by atoms with Crippen LogP contribution in [0.25, 0.3) is 0 Å². The number of carbonyl (C=O) groups is 2. The topological polar surface area (TPSA) is 90.6 Å². The molecule has 0 fully saturated rings. The quantitative estimate of drug-likeness (QED) is 0.743. The molecule has 1 amide bonds. The van der Waals surface area contributed by atoms with Crippen molar-refractivity contribution in [1.29, 1.82) is 0 Å². The fourth-order valence-electron chi connectivity index (χ4n) is 1.55. The Hall–Kier alpha value is -1.63. The smallest absolute Gasteiger partial charge is 0.333 e. The van der Waals surface area contributed by atoms with Gasteiger partial charge in [-0.05, 0) is 5.56 Å². The molecule has 2 unspecified atom stereocenters. The molecular weight excluding hydrogens is 284 g/mol. The highest BCUT2D eigenvalue weighted by atomic mass is 35.5. The van der Waals surface area contributed by atoms with Gasteiger partial charge in [0.05, 0.1) is 13.7 Å². The number of rotatable bonds is 6. The molecule has 1 aromatic rings. The Morgan fingerprint density at radius 3 is 2.35 bits per heavy atom. The number of hydrogen-bond acceptors (Lipinski definition) is 5. The van der Waals surface area contributed by atoms with Crippen LogP contribution in [0.2, 0.25) is 0 Å². The van der Waals surface area contributed by atoms with E-state index in [1.54, 1.807) is 24.3 Å². The number of hydrogen-bond donors (Lipinski definition) is 2. The van der Waals surface area contributed by atoms with Gasteiger partial charge in [-0.15, -0.1) is 12.4 Å². The van der Waals surface area contributed by atoms with Gasteiger partial charge in [0.2, 0.25) is 5.91 Å². The first-order valence-corrected chi connectivity index (χ1v) is 5.77. The summed E-state index contributed by atoms with van der Waals surface area (Å²) in [5.74, 6) is -1.02.